The first-order valence-corrected chi connectivity index (χ1v) is 6.76. The first-order chi connectivity index (χ1) is 10.2. The van der Waals surface area contributed by atoms with Crippen LogP contribution in [0.4, 0.5) is 15.8 Å². The number of nitrogens with zero attached hydrogens (tertiary/aromatic N) is 2. The average molecular weight is 289 g/mol. The molecule has 3 rings (SSSR count). The number of anilines is 2. The fourth-order valence-corrected chi connectivity index (χ4v) is 2.36. The van der Waals surface area contributed by atoms with E-state index >= 15 is 0 Å². The van der Waals surface area contributed by atoms with E-state index in [1.54, 1.807) is 24.5 Å². The summed E-state index contributed by atoms with van der Waals surface area (Å²) in [5.41, 5.74) is 1.56. The summed E-state index contributed by atoms with van der Waals surface area (Å²) in [4.78, 5) is 14.3. The molecule has 1 fully saturated rings. The highest BCUT2D eigenvalue weighted by Crippen LogP contribution is 2.17. The molecule has 1 aromatic heterocycles. The monoisotopic (exact) mass is 289 g/mol. The Hall–Kier alpha value is -2.41. The largest absolute Gasteiger partial charge is 0.368 e. The molecule has 1 aliphatic heterocycles. The van der Waals surface area contributed by atoms with Crippen molar-refractivity contribution in [2.75, 3.05) is 29.9 Å². The Labute approximate surface area is 121 Å². The van der Waals surface area contributed by atoms with E-state index in [2.05, 4.69) is 25.7 Å². The van der Waals surface area contributed by atoms with E-state index in [0.717, 1.165) is 12.2 Å². The van der Waals surface area contributed by atoms with Crippen LogP contribution in [-0.4, -0.2) is 41.8 Å². The van der Waals surface area contributed by atoms with Crippen molar-refractivity contribution in [3.63, 3.8) is 0 Å². The molecule has 3 N–H and O–H groups in total. The van der Waals surface area contributed by atoms with E-state index in [0.29, 0.717) is 18.8 Å². The summed E-state index contributed by atoms with van der Waals surface area (Å²) in [6.07, 6.45) is 3.18. The van der Waals surface area contributed by atoms with Crippen molar-refractivity contribution in [1.29, 1.82) is 0 Å². The van der Waals surface area contributed by atoms with Crippen molar-refractivity contribution in [2.24, 2.45) is 0 Å². The summed E-state index contributed by atoms with van der Waals surface area (Å²) in [7, 11) is 0. The lowest BCUT2D eigenvalue weighted by atomic mass is 10.1. The molecule has 0 saturated carbocycles. The topological polar surface area (TPSA) is 73.0 Å². The number of hydrogen-bond donors (Lipinski definition) is 3. The third-order valence-electron chi connectivity index (χ3n) is 3.45. The van der Waals surface area contributed by atoms with Crippen molar-refractivity contribution < 1.29 is 9.18 Å². The van der Waals surface area contributed by atoms with Gasteiger partial charge in [-0.1, -0.05) is 0 Å². The molecule has 1 atom stereocenters. The van der Waals surface area contributed by atoms with Crippen LogP contribution in [0.25, 0.3) is 0 Å². The first-order valence-electron chi connectivity index (χ1n) is 6.76. The van der Waals surface area contributed by atoms with E-state index in [1.165, 1.54) is 12.1 Å². The van der Waals surface area contributed by atoms with Gasteiger partial charge in [-0.25, -0.2) is 4.39 Å². The second kappa shape index (κ2) is 5.92. The normalized spacial score (nSPS) is 18.5. The lowest BCUT2D eigenvalue weighted by Crippen LogP contribution is -2.55. The molecule has 21 heavy (non-hydrogen) atoms. The standard InChI is InChI=1S/C14H16FN5O/c15-10-1-3-12(4-2-10)20-6-5-16-13(9-20)14(21)19-11-7-17-18-8-11/h1-4,7-8,13,16H,5-6,9H2,(H,17,18)(H,19,21)/t13-/m1/s1. The van der Waals surface area contributed by atoms with E-state index in [1.807, 2.05) is 0 Å². The second-order valence-electron chi connectivity index (χ2n) is 4.91. The smallest absolute Gasteiger partial charge is 0.243 e. The number of nitrogens with one attached hydrogen (secondary N) is 3. The van der Waals surface area contributed by atoms with Gasteiger partial charge in [-0.15, -0.1) is 0 Å². The second-order valence-corrected chi connectivity index (χ2v) is 4.91. The van der Waals surface area contributed by atoms with Crippen LogP contribution in [0.1, 0.15) is 0 Å². The summed E-state index contributed by atoms with van der Waals surface area (Å²) in [5.74, 6) is -0.369. The van der Waals surface area contributed by atoms with Crippen molar-refractivity contribution >= 4 is 17.3 Å². The van der Waals surface area contributed by atoms with E-state index < -0.39 is 0 Å². The zero-order chi connectivity index (χ0) is 14.7. The highest BCUT2D eigenvalue weighted by Gasteiger charge is 2.25. The predicted octanol–water partition coefficient (Wildman–Crippen LogP) is 0.966. The SMILES string of the molecule is O=C(Nc1cn[nH]c1)[C@H]1CN(c2ccc(F)cc2)CCN1. The first kappa shape index (κ1) is 13.6. The summed E-state index contributed by atoms with van der Waals surface area (Å²) in [6, 6.07) is 5.99. The molecular weight excluding hydrogens is 273 g/mol. The van der Waals surface area contributed by atoms with Crippen LogP contribution in [0.15, 0.2) is 36.7 Å². The van der Waals surface area contributed by atoms with Crippen molar-refractivity contribution in [1.82, 2.24) is 15.5 Å². The van der Waals surface area contributed by atoms with Gasteiger partial charge in [0.15, 0.2) is 0 Å². The van der Waals surface area contributed by atoms with Crippen molar-refractivity contribution in [3.05, 3.63) is 42.5 Å². The number of hydrogen-bond acceptors (Lipinski definition) is 4. The number of piperazine rings is 1. The lowest BCUT2D eigenvalue weighted by Gasteiger charge is -2.34. The number of benzene rings is 1. The average Bonchev–Trinajstić information content (AvgIpc) is 3.01. The molecule has 1 aromatic carbocycles. The van der Waals surface area contributed by atoms with E-state index in [4.69, 9.17) is 0 Å². The van der Waals surface area contributed by atoms with Crippen LogP contribution >= 0.6 is 0 Å². The molecule has 2 aromatic rings. The van der Waals surface area contributed by atoms with E-state index in [9.17, 15) is 9.18 Å². The summed E-state index contributed by atoms with van der Waals surface area (Å²) in [6.45, 7) is 2.01. The molecule has 6 nitrogen and oxygen atoms in total. The maximum absolute atomic E-state index is 13.0. The van der Waals surface area contributed by atoms with Crippen LogP contribution in [0.5, 0.6) is 0 Å². The molecule has 0 unspecified atom stereocenters. The molecule has 0 bridgehead atoms. The third kappa shape index (κ3) is 3.19. The summed E-state index contributed by atoms with van der Waals surface area (Å²) >= 11 is 0. The molecule has 110 valence electrons. The Morgan fingerprint density at radius 3 is 2.90 bits per heavy atom. The van der Waals surface area contributed by atoms with Crippen LogP contribution in [-0.2, 0) is 4.79 Å². The number of H-pyrrole nitrogens is 1. The molecule has 0 spiro atoms. The Balaban J connectivity index is 1.65. The Kier molecular flexibility index (Phi) is 3.83. The van der Waals surface area contributed by atoms with Gasteiger partial charge in [0.2, 0.25) is 5.91 Å². The molecule has 1 saturated heterocycles. The fourth-order valence-electron chi connectivity index (χ4n) is 2.36. The Bertz CT molecular complexity index is 598. The predicted molar refractivity (Wildman–Crippen MR) is 77.6 cm³/mol. The molecular formula is C14H16FN5O. The third-order valence-corrected chi connectivity index (χ3v) is 3.45. The Morgan fingerprint density at radius 1 is 1.38 bits per heavy atom. The maximum Gasteiger partial charge on any atom is 0.243 e. The van der Waals surface area contributed by atoms with Crippen LogP contribution in [0, 0.1) is 5.82 Å². The Morgan fingerprint density at radius 2 is 2.19 bits per heavy atom. The van der Waals surface area contributed by atoms with Gasteiger partial charge in [0.05, 0.1) is 11.9 Å². The van der Waals surface area contributed by atoms with Gasteiger partial charge in [0.25, 0.3) is 0 Å². The zero-order valence-electron chi connectivity index (χ0n) is 11.3. The minimum Gasteiger partial charge on any atom is -0.368 e. The van der Waals surface area contributed by atoms with Gasteiger partial charge in [-0.3, -0.25) is 9.89 Å². The van der Waals surface area contributed by atoms with Crippen LogP contribution < -0.4 is 15.5 Å². The van der Waals surface area contributed by atoms with Crippen molar-refractivity contribution in [2.45, 2.75) is 6.04 Å². The number of amides is 1. The van der Waals surface area contributed by atoms with Gasteiger partial charge < -0.3 is 15.5 Å². The molecule has 0 aliphatic carbocycles. The van der Waals surface area contributed by atoms with Gasteiger partial charge in [0.1, 0.15) is 11.9 Å². The van der Waals surface area contributed by atoms with Crippen molar-refractivity contribution in [3.8, 4) is 0 Å². The maximum atomic E-state index is 13.0. The van der Waals surface area contributed by atoms with Gasteiger partial charge >= 0.3 is 0 Å². The number of aromatic amines is 1. The number of carbonyl (C=O) groups is 1. The number of carbonyl (C=O) groups excluding carboxylic acids is 1. The van der Waals surface area contributed by atoms with E-state index in [-0.39, 0.29) is 17.8 Å². The number of aromatic nitrogens is 2. The quantitative estimate of drug-likeness (QED) is 0.787. The summed E-state index contributed by atoms with van der Waals surface area (Å²) in [5, 5.41) is 12.4. The van der Waals surface area contributed by atoms with Gasteiger partial charge in [0, 0.05) is 31.5 Å². The molecule has 0 radical (unpaired) electrons. The summed E-state index contributed by atoms with van der Waals surface area (Å²) < 4.78 is 13.0. The van der Waals surface area contributed by atoms with Gasteiger partial charge in [-0.05, 0) is 24.3 Å². The molecule has 2 heterocycles. The lowest BCUT2D eigenvalue weighted by molar-refractivity contribution is -0.118. The molecule has 1 aliphatic rings. The van der Waals surface area contributed by atoms with Crippen LogP contribution in [0.3, 0.4) is 0 Å². The highest BCUT2D eigenvalue weighted by molar-refractivity contribution is 5.95. The fraction of sp³-hybridized carbons (Fsp3) is 0.286. The zero-order valence-corrected chi connectivity index (χ0v) is 11.3. The number of rotatable bonds is 3. The van der Waals surface area contributed by atoms with Crippen LogP contribution in [0.2, 0.25) is 0 Å². The highest BCUT2D eigenvalue weighted by atomic mass is 19.1. The number of halogens is 1. The minimum absolute atomic E-state index is 0.108. The molecule has 1 amide bonds. The van der Waals surface area contributed by atoms with Gasteiger partial charge in [-0.2, -0.15) is 5.10 Å². The molecule has 7 heteroatoms. The minimum atomic E-state index is -0.321.